The quantitative estimate of drug-likeness (QED) is 0.170. The van der Waals surface area contributed by atoms with E-state index in [9.17, 15) is 5.11 Å². The molecule has 7 rings (SSSR count). The second kappa shape index (κ2) is 13.8. The Bertz CT molecular complexity index is 2330. The molecule has 7 aromatic rings. The smallest absolute Gasteiger partial charge is 0.265 e. The lowest BCUT2D eigenvalue weighted by Crippen LogP contribution is -2.53. The highest BCUT2D eigenvalue weighted by molar-refractivity contribution is 6.95. The highest BCUT2D eigenvalue weighted by Crippen LogP contribution is 2.38. The first-order chi connectivity index (χ1) is 24.8. The van der Waals surface area contributed by atoms with E-state index in [4.69, 9.17) is 14.4 Å². The summed E-state index contributed by atoms with van der Waals surface area (Å²) < 4.78 is 6.15. The van der Waals surface area contributed by atoms with E-state index in [0.29, 0.717) is 11.3 Å². The third-order valence-corrected chi connectivity index (χ3v) is 9.78. The van der Waals surface area contributed by atoms with Gasteiger partial charge in [-0.05, 0) is 94.1 Å². The summed E-state index contributed by atoms with van der Waals surface area (Å²) in [6.45, 7) is 15.4. The van der Waals surface area contributed by atoms with Crippen LogP contribution in [0.3, 0.4) is 0 Å². The van der Waals surface area contributed by atoms with Crippen molar-refractivity contribution in [3.63, 3.8) is 0 Å². The first kappa shape index (κ1) is 34.8. The van der Waals surface area contributed by atoms with Gasteiger partial charge in [-0.2, -0.15) is 0 Å². The number of aromatic nitrogens is 2. The van der Waals surface area contributed by atoms with Crippen molar-refractivity contribution in [2.75, 3.05) is 0 Å². The molecule has 0 radical (unpaired) electrons. The number of rotatable bonds is 7. The maximum atomic E-state index is 11.0. The number of para-hydroxylation sites is 1. The van der Waals surface area contributed by atoms with Gasteiger partial charge in [-0.15, -0.1) is 0 Å². The van der Waals surface area contributed by atoms with E-state index >= 15 is 0 Å². The third-order valence-electron chi connectivity index (χ3n) is 9.78. The fourth-order valence-electron chi connectivity index (χ4n) is 6.82. The topological polar surface area (TPSA) is 59.2 Å². The summed E-state index contributed by atoms with van der Waals surface area (Å²) in [6, 6.07) is 45.9. The maximum Gasteiger partial charge on any atom is 0.265 e. The number of aromatic hydroxyl groups is 1. The summed E-state index contributed by atoms with van der Waals surface area (Å²) in [6.07, 6.45) is 1.85. The molecule has 0 amide bonds. The van der Waals surface area contributed by atoms with Crippen LogP contribution in [-0.2, 0) is 10.8 Å². The summed E-state index contributed by atoms with van der Waals surface area (Å²) in [4.78, 5) is 10.1. The second-order valence-corrected chi connectivity index (χ2v) is 15.8. The maximum absolute atomic E-state index is 11.0. The van der Waals surface area contributed by atoms with Gasteiger partial charge >= 0.3 is 0 Å². The normalized spacial score (nSPS) is 11.8. The Morgan fingerprint density at radius 2 is 1.23 bits per heavy atom. The van der Waals surface area contributed by atoms with Gasteiger partial charge in [0.15, 0.2) is 0 Å². The number of nitrogens with zero attached hydrogens (tertiary/aromatic N) is 2. The fourth-order valence-corrected chi connectivity index (χ4v) is 6.82. The van der Waals surface area contributed by atoms with Crippen molar-refractivity contribution in [3.05, 3.63) is 157 Å². The van der Waals surface area contributed by atoms with E-state index in [0.717, 1.165) is 56.0 Å². The largest absolute Gasteiger partial charge is 0.507 e. The Morgan fingerprint density at radius 1 is 0.577 bits per heavy atom. The van der Waals surface area contributed by atoms with Crippen LogP contribution in [0.5, 0.6) is 5.75 Å². The van der Waals surface area contributed by atoms with Crippen molar-refractivity contribution in [2.45, 2.75) is 59.3 Å². The molecular formula is C47H45BN2O2. The van der Waals surface area contributed by atoms with Crippen LogP contribution >= 0.6 is 0 Å². The van der Waals surface area contributed by atoms with Gasteiger partial charge in [0.1, 0.15) is 17.3 Å². The summed E-state index contributed by atoms with van der Waals surface area (Å²) >= 11 is 0. The summed E-state index contributed by atoms with van der Waals surface area (Å²) in [5, 5.41) is 11.0. The molecule has 0 aliphatic rings. The van der Waals surface area contributed by atoms with E-state index in [1.54, 1.807) is 6.07 Å². The standard InChI is InChI=1S/C47H45BN2O2/c1-31-22-23-44(52-31)38-17-8-10-19-40(38)48(45-21-12-13-24-49-45)37-16-14-15-32(27-37)41-28-34(29-42(50-41)39-18-9-11-20-43(39)51)33-25-35(46(2,3)4)30-36(26-33)47(5,6)7/h8-30,51H,1-7H3. The van der Waals surface area contributed by atoms with Gasteiger partial charge in [0, 0.05) is 22.9 Å². The molecule has 0 saturated heterocycles. The minimum atomic E-state index is -0.165. The van der Waals surface area contributed by atoms with Gasteiger partial charge in [0.2, 0.25) is 0 Å². The number of benzene rings is 4. The van der Waals surface area contributed by atoms with Crippen molar-refractivity contribution in [1.29, 1.82) is 0 Å². The zero-order chi connectivity index (χ0) is 36.6. The van der Waals surface area contributed by atoms with Gasteiger partial charge in [-0.3, -0.25) is 4.98 Å². The van der Waals surface area contributed by atoms with Crippen molar-refractivity contribution < 1.29 is 9.52 Å². The second-order valence-electron chi connectivity index (χ2n) is 15.8. The number of furan rings is 1. The van der Waals surface area contributed by atoms with Crippen LogP contribution in [0, 0.1) is 6.92 Å². The third kappa shape index (κ3) is 7.22. The predicted molar refractivity (Wildman–Crippen MR) is 217 cm³/mol. The molecule has 258 valence electrons. The predicted octanol–water partition coefficient (Wildman–Crippen LogP) is 9.86. The molecule has 4 nitrogen and oxygen atoms in total. The molecule has 0 aliphatic heterocycles. The average Bonchev–Trinajstić information content (AvgIpc) is 3.57. The highest BCUT2D eigenvalue weighted by atomic mass is 16.3. The van der Waals surface area contributed by atoms with Crippen LogP contribution in [-0.4, -0.2) is 21.8 Å². The summed E-state index contributed by atoms with van der Waals surface area (Å²) in [5.74, 6) is 1.90. The van der Waals surface area contributed by atoms with Crippen LogP contribution in [0.1, 0.15) is 58.4 Å². The summed E-state index contributed by atoms with van der Waals surface area (Å²) in [7, 11) is 0. The molecule has 0 fully saturated rings. The minimum absolute atomic E-state index is 0.0359. The van der Waals surface area contributed by atoms with Crippen LogP contribution in [0.4, 0.5) is 0 Å². The van der Waals surface area contributed by atoms with Crippen molar-refractivity contribution >= 4 is 23.2 Å². The lowest BCUT2D eigenvalue weighted by atomic mass is 9.37. The van der Waals surface area contributed by atoms with Crippen molar-refractivity contribution in [2.24, 2.45) is 0 Å². The molecule has 0 saturated carbocycles. The molecule has 1 N–H and O–H groups in total. The number of hydrogen-bond acceptors (Lipinski definition) is 4. The molecule has 0 bridgehead atoms. The number of aryl methyl sites for hydroxylation is 1. The first-order valence-electron chi connectivity index (χ1n) is 18.0. The van der Waals surface area contributed by atoms with Crippen LogP contribution < -0.4 is 16.5 Å². The lowest BCUT2D eigenvalue weighted by Gasteiger charge is -2.26. The number of phenols is 1. The zero-order valence-electron chi connectivity index (χ0n) is 31.1. The van der Waals surface area contributed by atoms with E-state index in [-0.39, 0.29) is 23.3 Å². The molecule has 4 aromatic carbocycles. The molecule has 0 spiro atoms. The Balaban J connectivity index is 1.44. The molecule has 52 heavy (non-hydrogen) atoms. The van der Waals surface area contributed by atoms with E-state index < -0.39 is 0 Å². The van der Waals surface area contributed by atoms with Crippen molar-refractivity contribution in [1.82, 2.24) is 9.97 Å². The Labute approximate surface area is 308 Å². The number of phenolic OH excluding ortho intramolecular Hbond substituents is 1. The Kier molecular flexibility index (Phi) is 9.23. The van der Waals surface area contributed by atoms with Crippen molar-refractivity contribution in [3.8, 4) is 50.7 Å². The molecule has 5 heteroatoms. The van der Waals surface area contributed by atoms with Crippen LogP contribution in [0.2, 0.25) is 0 Å². The first-order valence-corrected chi connectivity index (χ1v) is 18.0. The van der Waals surface area contributed by atoms with Gasteiger partial charge in [-0.25, -0.2) is 4.98 Å². The molecule has 0 unspecified atom stereocenters. The molecule has 0 atom stereocenters. The van der Waals surface area contributed by atoms with E-state index in [1.807, 2.05) is 55.6 Å². The fraction of sp³-hybridized carbons (Fsp3) is 0.191. The van der Waals surface area contributed by atoms with E-state index in [2.05, 4.69) is 126 Å². The molecular weight excluding hydrogens is 635 g/mol. The van der Waals surface area contributed by atoms with Gasteiger partial charge < -0.3 is 9.52 Å². The molecule has 3 heterocycles. The van der Waals surface area contributed by atoms with Gasteiger partial charge in [0.05, 0.1) is 11.4 Å². The Morgan fingerprint density at radius 3 is 1.88 bits per heavy atom. The Hall–Kier alpha value is -5.68. The van der Waals surface area contributed by atoms with Crippen LogP contribution in [0.25, 0.3) is 45.0 Å². The average molecular weight is 681 g/mol. The monoisotopic (exact) mass is 680 g/mol. The molecule has 3 aromatic heterocycles. The summed E-state index contributed by atoms with van der Waals surface area (Å²) in [5.41, 5.74) is 12.1. The number of hydrogen-bond donors (Lipinski definition) is 1. The lowest BCUT2D eigenvalue weighted by molar-refractivity contribution is 0.477. The minimum Gasteiger partial charge on any atom is -0.507 e. The molecule has 0 aliphatic carbocycles. The highest BCUT2D eigenvalue weighted by Gasteiger charge is 2.28. The SMILES string of the molecule is Cc1ccc(-c2ccccc2B(c2cccc(-c3cc(-c4cc(C(C)(C)C)cc(C(C)(C)C)c4)cc(-c4ccccc4O)n3)c2)c2ccccn2)o1. The van der Waals surface area contributed by atoms with Gasteiger partial charge in [0.25, 0.3) is 6.71 Å². The van der Waals surface area contributed by atoms with Crippen LogP contribution in [0.15, 0.2) is 144 Å². The van der Waals surface area contributed by atoms with Gasteiger partial charge in [-0.1, -0.05) is 137 Å². The number of pyridine rings is 2. The van der Waals surface area contributed by atoms with E-state index in [1.165, 1.54) is 11.1 Å². The zero-order valence-corrected chi connectivity index (χ0v) is 31.1.